The molecule has 2 unspecified atom stereocenters. The Morgan fingerprint density at radius 3 is 2.49 bits per heavy atom. The predicted molar refractivity (Wildman–Crippen MR) is 144 cm³/mol. The zero-order chi connectivity index (χ0) is 25.8. The molecule has 2 aromatic heterocycles. The molecule has 2 aliphatic heterocycles. The lowest BCUT2D eigenvalue weighted by Gasteiger charge is -2.47. The topological polar surface area (TPSA) is 82.3 Å². The van der Waals surface area contributed by atoms with E-state index in [0.717, 1.165) is 65.1 Å². The van der Waals surface area contributed by atoms with Gasteiger partial charge in [-0.15, -0.1) is 0 Å². The van der Waals surface area contributed by atoms with E-state index in [2.05, 4.69) is 11.4 Å². The second-order valence-corrected chi connectivity index (χ2v) is 12.2. The highest BCUT2D eigenvalue weighted by Crippen LogP contribution is 2.37. The van der Waals surface area contributed by atoms with Gasteiger partial charge in [-0.25, -0.2) is 12.4 Å². The SMILES string of the molecule is Cc1ccc(S(=O)(=O)n2cc(-c3ccccc3CC3CCC4(CCO4)CN3)c3ccn(C)c(=O)c32)cc1. The third-order valence-corrected chi connectivity index (χ3v) is 9.65. The Labute approximate surface area is 216 Å². The number of rotatable bonds is 5. The minimum absolute atomic E-state index is 0.0217. The van der Waals surface area contributed by atoms with Crippen molar-refractivity contribution in [2.45, 2.75) is 49.1 Å². The van der Waals surface area contributed by atoms with Crippen molar-refractivity contribution in [3.05, 3.63) is 88.5 Å². The minimum atomic E-state index is -3.98. The molecule has 37 heavy (non-hydrogen) atoms. The fourth-order valence-electron chi connectivity index (χ4n) is 5.61. The Morgan fingerprint density at radius 2 is 1.81 bits per heavy atom. The summed E-state index contributed by atoms with van der Waals surface area (Å²) in [5, 5.41) is 4.30. The van der Waals surface area contributed by atoms with Crippen LogP contribution in [0.4, 0.5) is 0 Å². The van der Waals surface area contributed by atoms with E-state index in [-0.39, 0.29) is 21.6 Å². The number of benzene rings is 2. The molecule has 192 valence electrons. The Morgan fingerprint density at radius 1 is 1.05 bits per heavy atom. The molecule has 6 rings (SSSR count). The first-order valence-corrected chi connectivity index (χ1v) is 14.2. The number of hydrogen-bond acceptors (Lipinski definition) is 5. The Bertz CT molecular complexity index is 1640. The third-order valence-electron chi connectivity index (χ3n) is 7.98. The van der Waals surface area contributed by atoms with E-state index in [0.29, 0.717) is 11.4 Å². The maximum absolute atomic E-state index is 13.8. The van der Waals surface area contributed by atoms with Crippen molar-refractivity contribution in [3.63, 3.8) is 0 Å². The van der Waals surface area contributed by atoms with Crippen LogP contribution in [0.5, 0.6) is 0 Å². The molecule has 8 heteroatoms. The van der Waals surface area contributed by atoms with Crippen LogP contribution in [0.15, 0.2) is 76.7 Å². The first-order valence-electron chi connectivity index (χ1n) is 12.8. The molecule has 0 aliphatic carbocycles. The van der Waals surface area contributed by atoms with Crippen molar-refractivity contribution >= 4 is 20.9 Å². The van der Waals surface area contributed by atoms with Crippen molar-refractivity contribution in [2.24, 2.45) is 7.05 Å². The summed E-state index contributed by atoms with van der Waals surface area (Å²) in [7, 11) is -2.34. The number of aromatic nitrogens is 2. The average molecular weight is 518 g/mol. The molecule has 0 amide bonds. The largest absolute Gasteiger partial charge is 0.373 e. The lowest BCUT2D eigenvalue weighted by Crippen LogP contribution is -2.57. The summed E-state index contributed by atoms with van der Waals surface area (Å²) in [5.41, 5.74) is 3.61. The zero-order valence-electron chi connectivity index (χ0n) is 21.1. The van der Waals surface area contributed by atoms with E-state index in [9.17, 15) is 13.2 Å². The molecule has 7 nitrogen and oxygen atoms in total. The lowest BCUT2D eigenvalue weighted by molar-refractivity contribution is -0.159. The first-order chi connectivity index (χ1) is 17.8. The fraction of sp³-hybridized carbons (Fsp3) is 0.345. The molecule has 0 radical (unpaired) electrons. The van der Waals surface area contributed by atoms with Crippen LogP contribution in [0, 0.1) is 6.92 Å². The number of hydrogen-bond donors (Lipinski definition) is 1. The van der Waals surface area contributed by atoms with Gasteiger partial charge in [0, 0.05) is 49.4 Å². The molecular formula is C29H31N3O4S. The average Bonchev–Trinajstić information content (AvgIpc) is 3.27. The minimum Gasteiger partial charge on any atom is -0.373 e. The second kappa shape index (κ2) is 8.97. The molecule has 4 heterocycles. The van der Waals surface area contributed by atoms with Crippen LogP contribution in [0.25, 0.3) is 22.0 Å². The van der Waals surface area contributed by atoms with E-state index in [1.54, 1.807) is 43.7 Å². The smallest absolute Gasteiger partial charge is 0.275 e. The van der Waals surface area contributed by atoms with Gasteiger partial charge in [0.15, 0.2) is 0 Å². The molecule has 2 fully saturated rings. The van der Waals surface area contributed by atoms with Crippen molar-refractivity contribution in [2.75, 3.05) is 13.2 Å². The fourth-order valence-corrected chi connectivity index (χ4v) is 6.98. The van der Waals surface area contributed by atoms with Gasteiger partial charge in [0.25, 0.3) is 15.6 Å². The van der Waals surface area contributed by atoms with E-state index < -0.39 is 10.0 Å². The zero-order valence-corrected chi connectivity index (χ0v) is 21.9. The maximum atomic E-state index is 13.8. The number of fused-ring (bicyclic) bond motifs is 1. The third kappa shape index (κ3) is 4.13. The summed E-state index contributed by atoms with van der Waals surface area (Å²) in [4.78, 5) is 13.4. The predicted octanol–water partition coefficient (Wildman–Crippen LogP) is 4.01. The number of aryl methyl sites for hydroxylation is 2. The molecule has 0 bridgehead atoms. The van der Waals surface area contributed by atoms with Crippen LogP contribution >= 0.6 is 0 Å². The molecule has 2 aliphatic rings. The number of piperidine rings is 1. The summed E-state index contributed by atoms with van der Waals surface area (Å²) in [6.07, 6.45) is 7.32. The molecule has 2 saturated heterocycles. The number of pyridine rings is 1. The van der Waals surface area contributed by atoms with Crippen molar-refractivity contribution in [1.29, 1.82) is 0 Å². The van der Waals surface area contributed by atoms with Gasteiger partial charge in [-0.2, -0.15) is 0 Å². The number of nitrogens with zero attached hydrogens (tertiary/aromatic N) is 2. The van der Waals surface area contributed by atoms with Gasteiger partial charge in [0.2, 0.25) is 0 Å². The van der Waals surface area contributed by atoms with E-state index in [4.69, 9.17) is 4.74 Å². The normalized spacial score (nSPS) is 21.8. The molecule has 4 aromatic rings. The van der Waals surface area contributed by atoms with Gasteiger partial charge < -0.3 is 14.6 Å². The van der Waals surface area contributed by atoms with E-state index >= 15 is 0 Å². The summed E-state index contributed by atoms with van der Waals surface area (Å²) in [6, 6.07) is 16.9. The van der Waals surface area contributed by atoms with Crippen LogP contribution in [0.1, 0.15) is 30.4 Å². The molecule has 1 N–H and O–H groups in total. The van der Waals surface area contributed by atoms with E-state index in [1.807, 2.05) is 31.2 Å². The van der Waals surface area contributed by atoms with Crippen LogP contribution in [0.2, 0.25) is 0 Å². The second-order valence-electron chi connectivity index (χ2n) is 10.4. The van der Waals surface area contributed by atoms with Gasteiger partial charge in [-0.3, -0.25) is 4.79 Å². The quantitative estimate of drug-likeness (QED) is 0.433. The van der Waals surface area contributed by atoms with Crippen LogP contribution in [0.3, 0.4) is 0 Å². The molecule has 2 atom stereocenters. The molecular weight excluding hydrogens is 486 g/mol. The van der Waals surface area contributed by atoms with Gasteiger partial charge in [-0.05, 0) is 55.5 Å². The monoisotopic (exact) mass is 517 g/mol. The van der Waals surface area contributed by atoms with Crippen molar-refractivity contribution in [3.8, 4) is 11.1 Å². The Hall–Kier alpha value is -3.20. The van der Waals surface area contributed by atoms with Crippen LogP contribution < -0.4 is 10.9 Å². The van der Waals surface area contributed by atoms with Gasteiger partial charge >= 0.3 is 0 Å². The highest BCUT2D eigenvalue weighted by Gasteiger charge is 2.41. The van der Waals surface area contributed by atoms with Gasteiger partial charge in [0.05, 0.1) is 17.1 Å². The molecule has 2 aromatic carbocycles. The molecule has 0 saturated carbocycles. The number of nitrogens with one attached hydrogen (secondary N) is 1. The Balaban J connectivity index is 1.45. The van der Waals surface area contributed by atoms with Crippen molar-refractivity contribution in [1.82, 2.24) is 13.9 Å². The summed E-state index contributed by atoms with van der Waals surface area (Å²) < 4.78 is 35.9. The van der Waals surface area contributed by atoms with E-state index in [1.165, 1.54) is 4.57 Å². The standard InChI is InChI=1S/C29H31N3O4S/c1-20-7-9-23(10-8-20)37(34,35)32-18-26(25-12-15-31(2)28(33)27(25)32)24-6-4-3-5-21(24)17-22-11-13-29(19-30-22)14-16-36-29/h3-10,12,15,18,22,30H,11,13-14,16-17,19H2,1-2H3. The highest BCUT2D eigenvalue weighted by molar-refractivity contribution is 7.90. The first kappa shape index (κ1) is 24.2. The highest BCUT2D eigenvalue weighted by atomic mass is 32.2. The van der Waals surface area contributed by atoms with Crippen LogP contribution in [-0.4, -0.2) is 41.8 Å². The van der Waals surface area contributed by atoms with Crippen molar-refractivity contribution < 1.29 is 13.2 Å². The lowest BCUT2D eigenvalue weighted by atomic mass is 9.82. The van der Waals surface area contributed by atoms with Gasteiger partial charge in [-0.1, -0.05) is 42.0 Å². The molecule has 1 spiro atoms. The Kier molecular flexibility index (Phi) is 5.86. The van der Waals surface area contributed by atoms with Crippen LogP contribution in [-0.2, 0) is 28.2 Å². The maximum Gasteiger partial charge on any atom is 0.275 e. The van der Waals surface area contributed by atoms with Gasteiger partial charge in [0.1, 0.15) is 5.52 Å². The number of ether oxygens (including phenoxy) is 1. The summed E-state index contributed by atoms with van der Waals surface area (Å²) in [6.45, 7) is 3.63. The summed E-state index contributed by atoms with van der Waals surface area (Å²) in [5.74, 6) is 0. The summed E-state index contributed by atoms with van der Waals surface area (Å²) >= 11 is 0.